The quantitative estimate of drug-likeness (QED) is 0.588. The van der Waals surface area contributed by atoms with E-state index in [0.717, 1.165) is 17.6 Å². The van der Waals surface area contributed by atoms with Crippen LogP contribution in [-0.2, 0) is 9.53 Å². The molecule has 0 bridgehead atoms. The first-order chi connectivity index (χ1) is 6.39. The number of quaternary nitrogens is 1. The molecule has 0 aliphatic heterocycles. The van der Waals surface area contributed by atoms with Gasteiger partial charge >= 0.3 is 0 Å². The lowest BCUT2D eigenvalue weighted by Crippen LogP contribution is -2.41. The highest BCUT2D eigenvalue weighted by atomic mass is 16.5. The third kappa shape index (κ3) is 13.9. The summed E-state index contributed by atoms with van der Waals surface area (Å²) in [6.45, 7) is 6.86. The Labute approximate surface area is 87.1 Å². The van der Waals surface area contributed by atoms with Gasteiger partial charge in [0.25, 0.3) is 0 Å². The lowest BCUT2D eigenvalue weighted by molar-refractivity contribution is -0.888. The second-order valence-corrected chi connectivity index (χ2v) is 3.69. The third-order valence-electron chi connectivity index (χ3n) is 2.05. The summed E-state index contributed by atoms with van der Waals surface area (Å²) in [7, 11) is 6.16. The van der Waals surface area contributed by atoms with Crippen molar-refractivity contribution >= 4 is 5.97 Å². The SMILES string of the molecule is CCC(=O)[O-].CC[N+](C)(C)CCOC. The Bertz CT molecular complexity index is 146. The Morgan fingerprint density at radius 2 is 1.79 bits per heavy atom. The van der Waals surface area contributed by atoms with Gasteiger partial charge in [-0.3, -0.25) is 0 Å². The van der Waals surface area contributed by atoms with Gasteiger partial charge < -0.3 is 19.1 Å². The predicted molar refractivity (Wildman–Crippen MR) is 54.7 cm³/mol. The Morgan fingerprint density at radius 3 is 2.00 bits per heavy atom. The van der Waals surface area contributed by atoms with Crippen LogP contribution in [0.4, 0.5) is 0 Å². The van der Waals surface area contributed by atoms with Gasteiger partial charge in [0.05, 0.1) is 27.2 Å². The molecule has 0 heterocycles. The van der Waals surface area contributed by atoms with Crippen molar-refractivity contribution in [2.45, 2.75) is 20.3 Å². The van der Waals surface area contributed by atoms with Gasteiger partial charge in [-0.15, -0.1) is 0 Å². The van der Waals surface area contributed by atoms with Crippen LogP contribution in [0.3, 0.4) is 0 Å². The molecule has 86 valence electrons. The summed E-state index contributed by atoms with van der Waals surface area (Å²) in [4.78, 5) is 9.26. The predicted octanol–water partition coefficient (Wildman–Crippen LogP) is -0.125. The Kier molecular flexibility index (Phi) is 10.1. The summed E-state index contributed by atoms with van der Waals surface area (Å²) >= 11 is 0. The Morgan fingerprint density at radius 1 is 1.36 bits per heavy atom. The number of carbonyl (C=O) groups excluding carboxylic acids is 1. The zero-order chi connectivity index (χ0) is 11.6. The minimum atomic E-state index is -0.995. The second kappa shape index (κ2) is 8.97. The van der Waals surface area contributed by atoms with Crippen LogP contribution < -0.4 is 5.11 Å². The summed E-state index contributed by atoms with van der Waals surface area (Å²) in [5.74, 6) is -0.995. The van der Waals surface area contributed by atoms with Crippen LogP contribution in [0.25, 0.3) is 0 Å². The molecule has 0 unspecified atom stereocenters. The van der Waals surface area contributed by atoms with Gasteiger partial charge in [-0.25, -0.2) is 0 Å². The average molecular weight is 205 g/mol. The fourth-order valence-electron chi connectivity index (χ4n) is 0.497. The number of carbonyl (C=O) groups is 1. The van der Waals surface area contributed by atoms with Crippen molar-refractivity contribution in [3.05, 3.63) is 0 Å². The van der Waals surface area contributed by atoms with E-state index in [9.17, 15) is 9.90 Å². The summed E-state index contributed by atoms with van der Waals surface area (Å²) in [5, 5.41) is 9.26. The molecule has 0 aromatic carbocycles. The number of carboxylic acid groups (broad SMARTS) is 1. The van der Waals surface area contributed by atoms with Crippen LogP contribution in [0, 0.1) is 0 Å². The van der Waals surface area contributed by atoms with Crippen LogP contribution in [0.2, 0.25) is 0 Å². The van der Waals surface area contributed by atoms with Gasteiger partial charge in [-0.05, 0) is 13.3 Å². The van der Waals surface area contributed by atoms with Crippen molar-refractivity contribution in [3.8, 4) is 0 Å². The minimum absolute atomic E-state index is 0.111. The number of hydrogen-bond acceptors (Lipinski definition) is 3. The molecule has 0 amide bonds. The van der Waals surface area contributed by atoms with E-state index in [2.05, 4.69) is 21.0 Å². The van der Waals surface area contributed by atoms with Gasteiger partial charge in [-0.1, -0.05) is 6.92 Å². The fourth-order valence-corrected chi connectivity index (χ4v) is 0.497. The molecule has 0 radical (unpaired) electrons. The zero-order valence-corrected chi connectivity index (χ0v) is 10.0. The molecule has 4 heteroatoms. The molecule has 0 N–H and O–H groups in total. The molecule has 0 saturated carbocycles. The van der Waals surface area contributed by atoms with Crippen molar-refractivity contribution in [1.29, 1.82) is 0 Å². The number of ether oxygens (including phenoxy) is 1. The van der Waals surface area contributed by atoms with Gasteiger partial charge in [0.1, 0.15) is 6.54 Å². The summed E-state index contributed by atoms with van der Waals surface area (Å²) in [6.07, 6.45) is 0.111. The van der Waals surface area contributed by atoms with E-state index in [1.165, 1.54) is 13.5 Å². The van der Waals surface area contributed by atoms with Crippen molar-refractivity contribution < 1.29 is 19.1 Å². The zero-order valence-electron chi connectivity index (χ0n) is 10.0. The minimum Gasteiger partial charge on any atom is -0.550 e. The highest BCUT2D eigenvalue weighted by Gasteiger charge is 2.09. The number of likely N-dealkylation sites (N-methyl/N-ethyl adjacent to an activating group) is 1. The smallest absolute Gasteiger partial charge is 0.102 e. The van der Waals surface area contributed by atoms with E-state index in [1.807, 2.05) is 0 Å². The van der Waals surface area contributed by atoms with Crippen molar-refractivity contribution in [3.63, 3.8) is 0 Å². The number of methoxy groups -OCH3 is 1. The molecule has 0 rings (SSSR count). The number of carboxylic acids is 1. The fraction of sp³-hybridized carbons (Fsp3) is 0.900. The Balaban J connectivity index is 0. The molecule has 0 aliphatic rings. The standard InChI is InChI=1S/C7H18NO.C3H6O2/c1-5-8(2,3)6-7-9-4;1-2-3(4)5/h5-7H2,1-4H3;2H2,1H3,(H,4,5)/q+1;/p-1. The van der Waals surface area contributed by atoms with Crippen LogP contribution in [-0.4, -0.2) is 51.4 Å². The summed E-state index contributed by atoms with van der Waals surface area (Å²) in [6, 6.07) is 0. The number of nitrogens with zero attached hydrogens (tertiary/aromatic N) is 1. The second-order valence-electron chi connectivity index (χ2n) is 3.69. The van der Waals surface area contributed by atoms with Gasteiger partial charge in [-0.2, -0.15) is 0 Å². The van der Waals surface area contributed by atoms with E-state index < -0.39 is 5.97 Å². The topological polar surface area (TPSA) is 49.4 Å². The van der Waals surface area contributed by atoms with E-state index in [0.29, 0.717) is 0 Å². The van der Waals surface area contributed by atoms with Crippen LogP contribution in [0.5, 0.6) is 0 Å². The molecule has 0 atom stereocenters. The Hall–Kier alpha value is -0.610. The van der Waals surface area contributed by atoms with Crippen molar-refractivity contribution in [2.75, 3.05) is 40.9 Å². The molecule has 0 spiro atoms. The highest BCUT2D eigenvalue weighted by molar-refractivity contribution is 5.63. The van der Waals surface area contributed by atoms with E-state index in [1.54, 1.807) is 7.11 Å². The average Bonchev–Trinajstić information content (AvgIpc) is 2.16. The van der Waals surface area contributed by atoms with Gasteiger partial charge in [0, 0.05) is 13.1 Å². The summed E-state index contributed by atoms with van der Waals surface area (Å²) < 4.78 is 6.01. The molecular weight excluding hydrogens is 182 g/mol. The number of aliphatic carboxylic acids is 1. The molecular formula is C10H23NO3. The number of hydrogen-bond donors (Lipinski definition) is 0. The number of rotatable bonds is 5. The summed E-state index contributed by atoms with van der Waals surface area (Å²) in [5.41, 5.74) is 0. The maximum atomic E-state index is 9.26. The molecule has 0 fully saturated rings. The monoisotopic (exact) mass is 205 g/mol. The lowest BCUT2D eigenvalue weighted by Gasteiger charge is -2.27. The van der Waals surface area contributed by atoms with E-state index >= 15 is 0 Å². The van der Waals surface area contributed by atoms with E-state index in [-0.39, 0.29) is 6.42 Å². The van der Waals surface area contributed by atoms with Crippen LogP contribution in [0.15, 0.2) is 0 Å². The van der Waals surface area contributed by atoms with Crippen LogP contribution >= 0.6 is 0 Å². The molecule has 0 saturated heterocycles. The lowest BCUT2D eigenvalue weighted by atomic mass is 10.4. The molecule has 0 aliphatic carbocycles. The molecule has 4 nitrogen and oxygen atoms in total. The van der Waals surface area contributed by atoms with Crippen molar-refractivity contribution in [1.82, 2.24) is 0 Å². The molecule has 0 aromatic heterocycles. The molecule has 14 heavy (non-hydrogen) atoms. The largest absolute Gasteiger partial charge is 0.550 e. The van der Waals surface area contributed by atoms with Gasteiger partial charge in [0.15, 0.2) is 0 Å². The van der Waals surface area contributed by atoms with Crippen LogP contribution in [0.1, 0.15) is 20.3 Å². The first-order valence-electron chi connectivity index (χ1n) is 4.90. The third-order valence-corrected chi connectivity index (χ3v) is 2.05. The molecule has 0 aromatic rings. The maximum Gasteiger partial charge on any atom is 0.102 e. The highest BCUT2D eigenvalue weighted by Crippen LogP contribution is 1.93. The first-order valence-corrected chi connectivity index (χ1v) is 4.90. The normalized spacial score (nSPS) is 10.4. The maximum absolute atomic E-state index is 9.26. The van der Waals surface area contributed by atoms with Gasteiger partial charge in [0.2, 0.25) is 0 Å². The van der Waals surface area contributed by atoms with E-state index in [4.69, 9.17) is 4.74 Å². The first kappa shape index (κ1) is 15.8. The van der Waals surface area contributed by atoms with Crippen molar-refractivity contribution in [2.24, 2.45) is 0 Å².